The molecule has 1 aromatic carbocycles. The Bertz CT molecular complexity index is 529. The fourth-order valence-corrected chi connectivity index (χ4v) is 3.32. The molecule has 1 atom stereocenters. The first-order valence-corrected chi connectivity index (χ1v) is 10.1. The maximum atomic E-state index is 5.35. The van der Waals surface area contributed by atoms with Gasteiger partial charge in [-0.05, 0) is 50.8 Å². The van der Waals surface area contributed by atoms with Gasteiger partial charge < -0.3 is 15.4 Å². The van der Waals surface area contributed by atoms with E-state index in [4.69, 9.17) is 4.74 Å². The number of piperidine rings is 1. The molecule has 1 fully saturated rings. The quantitative estimate of drug-likeness (QED) is 0.403. The van der Waals surface area contributed by atoms with Gasteiger partial charge in [-0.3, -0.25) is 9.89 Å². The van der Waals surface area contributed by atoms with Crippen LogP contribution < -0.4 is 10.6 Å². The molecule has 1 aliphatic rings. The zero-order valence-corrected chi connectivity index (χ0v) is 16.8. The van der Waals surface area contributed by atoms with Crippen molar-refractivity contribution in [2.24, 2.45) is 4.99 Å². The molecule has 5 heteroatoms. The van der Waals surface area contributed by atoms with Crippen molar-refractivity contribution >= 4 is 5.96 Å². The van der Waals surface area contributed by atoms with Crippen LogP contribution in [0.2, 0.25) is 0 Å². The van der Waals surface area contributed by atoms with E-state index < -0.39 is 0 Å². The first-order chi connectivity index (χ1) is 12.7. The van der Waals surface area contributed by atoms with Crippen molar-refractivity contribution < 1.29 is 4.74 Å². The van der Waals surface area contributed by atoms with Crippen molar-refractivity contribution in [3.63, 3.8) is 0 Å². The number of benzene rings is 1. The van der Waals surface area contributed by atoms with Gasteiger partial charge in [-0.2, -0.15) is 0 Å². The number of nitrogens with one attached hydrogen (secondary N) is 2. The lowest BCUT2D eigenvalue weighted by atomic mass is 10.0. The van der Waals surface area contributed by atoms with E-state index in [1.165, 1.54) is 36.9 Å². The van der Waals surface area contributed by atoms with Gasteiger partial charge in [0.05, 0.1) is 0 Å². The van der Waals surface area contributed by atoms with E-state index in [1.54, 1.807) is 7.05 Å². The van der Waals surface area contributed by atoms with Crippen LogP contribution in [0.15, 0.2) is 29.3 Å². The largest absolute Gasteiger partial charge is 0.382 e. The van der Waals surface area contributed by atoms with Gasteiger partial charge in [0.25, 0.3) is 0 Å². The van der Waals surface area contributed by atoms with Crippen molar-refractivity contribution in [3.05, 3.63) is 35.4 Å². The second kappa shape index (κ2) is 11.9. The summed E-state index contributed by atoms with van der Waals surface area (Å²) in [5.41, 5.74) is 2.68. The second-order valence-corrected chi connectivity index (χ2v) is 7.03. The van der Waals surface area contributed by atoms with Crippen LogP contribution in [-0.4, -0.2) is 50.3 Å². The highest BCUT2D eigenvalue weighted by molar-refractivity contribution is 5.79. The number of likely N-dealkylation sites (tertiary alicyclic amines) is 1. The average molecular weight is 361 g/mol. The number of hydrogen-bond donors (Lipinski definition) is 2. The molecular weight excluding hydrogens is 324 g/mol. The van der Waals surface area contributed by atoms with Gasteiger partial charge in [0.15, 0.2) is 5.96 Å². The number of rotatable bonds is 9. The molecule has 2 rings (SSSR count). The highest BCUT2D eigenvalue weighted by atomic mass is 16.5. The molecule has 1 aliphatic heterocycles. The van der Waals surface area contributed by atoms with E-state index in [2.05, 4.69) is 51.7 Å². The Morgan fingerprint density at radius 1 is 1.19 bits per heavy atom. The standard InChI is InChI=1S/C21H36N4O/c1-4-26-15-7-13-23-21(22-3)24-16-19-9-11-20(12-10-19)17-25-14-6-5-8-18(25)2/h9-12,18H,4-8,13-17H2,1-3H3,(H2,22,23,24). The summed E-state index contributed by atoms with van der Waals surface area (Å²) in [4.78, 5) is 6.87. The van der Waals surface area contributed by atoms with Crippen molar-refractivity contribution in [1.29, 1.82) is 0 Å². The van der Waals surface area contributed by atoms with E-state index >= 15 is 0 Å². The Morgan fingerprint density at radius 3 is 2.65 bits per heavy atom. The molecule has 0 spiro atoms. The highest BCUT2D eigenvalue weighted by Crippen LogP contribution is 2.19. The zero-order chi connectivity index (χ0) is 18.6. The smallest absolute Gasteiger partial charge is 0.191 e. The summed E-state index contributed by atoms with van der Waals surface area (Å²) in [7, 11) is 1.81. The molecule has 1 heterocycles. The van der Waals surface area contributed by atoms with Crippen molar-refractivity contribution in [2.45, 2.75) is 58.7 Å². The van der Waals surface area contributed by atoms with Gasteiger partial charge in [0, 0.05) is 45.9 Å². The first-order valence-electron chi connectivity index (χ1n) is 10.1. The number of hydrogen-bond acceptors (Lipinski definition) is 3. The molecule has 1 unspecified atom stereocenters. The molecule has 0 bridgehead atoms. The summed E-state index contributed by atoms with van der Waals surface area (Å²) in [6.07, 6.45) is 5.03. The maximum Gasteiger partial charge on any atom is 0.191 e. The third-order valence-electron chi connectivity index (χ3n) is 4.99. The minimum absolute atomic E-state index is 0.710. The second-order valence-electron chi connectivity index (χ2n) is 7.03. The van der Waals surface area contributed by atoms with Crippen molar-refractivity contribution in [3.8, 4) is 0 Å². The Labute approximate surface area is 159 Å². The van der Waals surface area contributed by atoms with E-state index in [9.17, 15) is 0 Å². The van der Waals surface area contributed by atoms with E-state index in [0.29, 0.717) is 6.04 Å². The topological polar surface area (TPSA) is 48.9 Å². The number of guanidine groups is 1. The van der Waals surface area contributed by atoms with Gasteiger partial charge in [-0.15, -0.1) is 0 Å². The normalized spacial score (nSPS) is 18.7. The maximum absolute atomic E-state index is 5.35. The molecule has 1 aromatic rings. The molecule has 1 saturated heterocycles. The van der Waals surface area contributed by atoms with Gasteiger partial charge in [-0.1, -0.05) is 30.7 Å². The third kappa shape index (κ3) is 7.34. The molecule has 0 saturated carbocycles. The van der Waals surface area contributed by atoms with Crippen LogP contribution in [0.25, 0.3) is 0 Å². The fraction of sp³-hybridized carbons (Fsp3) is 0.667. The Hall–Kier alpha value is -1.59. The summed E-state index contributed by atoms with van der Waals surface area (Å²) < 4.78 is 5.35. The third-order valence-corrected chi connectivity index (χ3v) is 4.99. The van der Waals surface area contributed by atoms with Crippen LogP contribution in [0.4, 0.5) is 0 Å². The van der Waals surface area contributed by atoms with Crippen LogP contribution in [0.3, 0.4) is 0 Å². The first kappa shape index (κ1) is 20.7. The molecule has 0 amide bonds. The minimum atomic E-state index is 0.710. The van der Waals surface area contributed by atoms with Crippen LogP contribution in [0.5, 0.6) is 0 Å². The molecule has 5 nitrogen and oxygen atoms in total. The van der Waals surface area contributed by atoms with Gasteiger partial charge in [0.1, 0.15) is 0 Å². The lowest BCUT2D eigenvalue weighted by Gasteiger charge is -2.33. The van der Waals surface area contributed by atoms with Gasteiger partial charge in [0.2, 0.25) is 0 Å². The molecular formula is C21H36N4O. The van der Waals surface area contributed by atoms with Gasteiger partial charge >= 0.3 is 0 Å². The monoisotopic (exact) mass is 360 g/mol. The van der Waals surface area contributed by atoms with Crippen LogP contribution in [-0.2, 0) is 17.8 Å². The number of aliphatic imine (C=N–C) groups is 1. The van der Waals surface area contributed by atoms with E-state index in [0.717, 1.165) is 45.2 Å². The zero-order valence-electron chi connectivity index (χ0n) is 16.8. The predicted molar refractivity (Wildman–Crippen MR) is 109 cm³/mol. The summed E-state index contributed by atoms with van der Waals surface area (Å²) in [5.74, 6) is 0.840. The Kier molecular flexibility index (Phi) is 9.50. The van der Waals surface area contributed by atoms with Gasteiger partial charge in [-0.25, -0.2) is 0 Å². The summed E-state index contributed by atoms with van der Waals surface area (Å²) in [5, 5.41) is 6.69. The number of nitrogens with zero attached hydrogens (tertiary/aromatic N) is 2. The van der Waals surface area contributed by atoms with Crippen molar-refractivity contribution in [1.82, 2.24) is 15.5 Å². The SMILES string of the molecule is CCOCCCNC(=NC)NCc1ccc(CN2CCCCC2C)cc1. The molecule has 2 N–H and O–H groups in total. The molecule has 0 radical (unpaired) electrons. The van der Waals surface area contributed by atoms with E-state index in [-0.39, 0.29) is 0 Å². The molecule has 26 heavy (non-hydrogen) atoms. The van der Waals surface area contributed by atoms with Crippen LogP contribution in [0, 0.1) is 0 Å². The minimum Gasteiger partial charge on any atom is -0.382 e. The number of ether oxygens (including phenoxy) is 1. The predicted octanol–water partition coefficient (Wildman–Crippen LogP) is 3.15. The van der Waals surface area contributed by atoms with Crippen LogP contribution in [0.1, 0.15) is 50.7 Å². The molecule has 0 aromatic heterocycles. The summed E-state index contributed by atoms with van der Waals surface area (Å²) in [6.45, 7) is 9.89. The summed E-state index contributed by atoms with van der Waals surface area (Å²) in [6, 6.07) is 9.67. The van der Waals surface area contributed by atoms with E-state index in [1.807, 2.05) is 6.92 Å². The van der Waals surface area contributed by atoms with Crippen molar-refractivity contribution in [2.75, 3.05) is 33.4 Å². The highest BCUT2D eigenvalue weighted by Gasteiger charge is 2.17. The van der Waals surface area contributed by atoms with Crippen LogP contribution >= 0.6 is 0 Å². The summed E-state index contributed by atoms with van der Waals surface area (Å²) >= 11 is 0. The average Bonchev–Trinajstić information content (AvgIpc) is 2.67. The molecule has 0 aliphatic carbocycles. The lowest BCUT2D eigenvalue weighted by Crippen LogP contribution is -2.37. The molecule has 146 valence electrons. The lowest BCUT2D eigenvalue weighted by molar-refractivity contribution is 0.145. The Morgan fingerprint density at radius 2 is 1.96 bits per heavy atom. The fourth-order valence-electron chi connectivity index (χ4n) is 3.32. The Balaban J connectivity index is 1.72.